The minimum Gasteiger partial charge on any atom is -0.507 e. The number of carboxylic acid groups (broad SMARTS) is 1. The van der Waals surface area contributed by atoms with Crippen LogP contribution in [0.1, 0.15) is 26.5 Å². The number of hydrogen-bond acceptors (Lipinski definition) is 7. The first-order valence-electron chi connectivity index (χ1n) is 10.6. The molecule has 0 aliphatic heterocycles. The summed E-state index contributed by atoms with van der Waals surface area (Å²) in [5, 5.41) is 33.9. The smallest absolute Gasteiger partial charge is 0.339 e. The lowest BCUT2D eigenvalue weighted by Crippen LogP contribution is -2.14. The standard InChI is InChI=1S/C25H18F2N2O5S3/c1-12(20-9-14(11-36-20)13-2-5-17(26)18(27)8-13)22-23(32)29(25(35)37-22)7-6-21(31)28-15-3-4-16(24(33)34)19(30)10-15/h2-5,8-11,30,32H,1,6-7H2,(H,28,31)(H,33,34). The van der Waals surface area contributed by atoms with Gasteiger partial charge in [0, 0.05) is 35.2 Å². The second-order valence-electron chi connectivity index (χ2n) is 7.81. The van der Waals surface area contributed by atoms with Crippen molar-refractivity contribution in [3.63, 3.8) is 0 Å². The van der Waals surface area contributed by atoms with Gasteiger partial charge in [-0.1, -0.05) is 12.6 Å². The molecular weight excluding hydrogens is 542 g/mol. The van der Waals surface area contributed by atoms with Crippen molar-refractivity contribution in [1.29, 1.82) is 0 Å². The zero-order valence-electron chi connectivity index (χ0n) is 18.8. The van der Waals surface area contributed by atoms with Crippen molar-refractivity contribution in [1.82, 2.24) is 4.57 Å². The molecule has 0 fully saturated rings. The summed E-state index contributed by atoms with van der Waals surface area (Å²) in [6.07, 6.45) is -0.0642. The molecule has 0 saturated heterocycles. The minimum absolute atomic E-state index is 0.0595. The van der Waals surface area contributed by atoms with Gasteiger partial charge in [-0.2, -0.15) is 0 Å². The van der Waals surface area contributed by atoms with Crippen LogP contribution in [0.3, 0.4) is 0 Å². The van der Waals surface area contributed by atoms with Crippen LogP contribution in [0.5, 0.6) is 11.6 Å². The Balaban J connectivity index is 1.45. The second kappa shape index (κ2) is 10.6. The molecule has 2 aromatic carbocycles. The van der Waals surface area contributed by atoms with Crippen LogP contribution in [0, 0.1) is 15.6 Å². The van der Waals surface area contributed by atoms with Crippen molar-refractivity contribution in [2.45, 2.75) is 13.0 Å². The number of aromatic nitrogens is 1. The van der Waals surface area contributed by atoms with Gasteiger partial charge in [-0.15, -0.1) is 22.7 Å². The first-order chi connectivity index (χ1) is 17.5. The van der Waals surface area contributed by atoms with Crippen molar-refractivity contribution in [3.05, 3.63) is 85.3 Å². The number of thiophene rings is 1. The molecule has 190 valence electrons. The summed E-state index contributed by atoms with van der Waals surface area (Å²) in [5.74, 6) is -4.25. The fraction of sp³-hybridized carbons (Fsp3) is 0.0800. The monoisotopic (exact) mass is 560 g/mol. The molecule has 2 heterocycles. The summed E-state index contributed by atoms with van der Waals surface area (Å²) in [6.45, 7) is 4.11. The van der Waals surface area contributed by atoms with E-state index in [1.54, 1.807) is 11.4 Å². The van der Waals surface area contributed by atoms with Crippen LogP contribution in [0.15, 0.2) is 54.4 Å². The van der Waals surface area contributed by atoms with Crippen LogP contribution in [0.4, 0.5) is 14.5 Å². The van der Waals surface area contributed by atoms with Gasteiger partial charge < -0.3 is 20.6 Å². The van der Waals surface area contributed by atoms with Crippen molar-refractivity contribution in [3.8, 4) is 22.8 Å². The molecule has 1 amide bonds. The lowest BCUT2D eigenvalue weighted by atomic mass is 10.1. The Morgan fingerprint density at radius 2 is 1.81 bits per heavy atom. The van der Waals surface area contributed by atoms with Gasteiger partial charge in [0.15, 0.2) is 15.6 Å². The number of aromatic carboxylic acids is 1. The fourth-order valence-corrected chi connectivity index (χ4v) is 5.74. The van der Waals surface area contributed by atoms with Gasteiger partial charge in [0.2, 0.25) is 11.8 Å². The fourth-order valence-electron chi connectivity index (χ4n) is 3.45. The van der Waals surface area contributed by atoms with Crippen LogP contribution in [-0.2, 0) is 11.3 Å². The quantitative estimate of drug-likeness (QED) is 0.184. The number of benzene rings is 2. The van der Waals surface area contributed by atoms with Crippen LogP contribution in [0.2, 0.25) is 0 Å². The number of nitrogens with zero attached hydrogens (tertiary/aromatic N) is 1. The highest BCUT2D eigenvalue weighted by atomic mass is 32.1. The second-order valence-corrected chi connectivity index (χ2v) is 10.4. The number of thiazole rings is 1. The molecule has 4 aromatic rings. The van der Waals surface area contributed by atoms with E-state index in [9.17, 15) is 28.6 Å². The molecule has 0 atom stereocenters. The van der Waals surface area contributed by atoms with Gasteiger partial charge in [-0.3, -0.25) is 9.36 Å². The average molecular weight is 561 g/mol. The maximum absolute atomic E-state index is 13.6. The molecule has 7 nitrogen and oxygen atoms in total. The summed E-state index contributed by atoms with van der Waals surface area (Å²) in [6, 6.07) is 9.05. The third kappa shape index (κ3) is 5.61. The molecule has 0 aliphatic rings. The summed E-state index contributed by atoms with van der Waals surface area (Å²) >= 11 is 7.80. The molecule has 37 heavy (non-hydrogen) atoms. The molecule has 0 saturated carbocycles. The van der Waals surface area contributed by atoms with E-state index in [1.165, 1.54) is 34.1 Å². The molecule has 4 rings (SSSR count). The number of phenols is 1. The summed E-state index contributed by atoms with van der Waals surface area (Å²) in [7, 11) is 0. The molecular formula is C25H18F2N2O5S3. The lowest BCUT2D eigenvalue weighted by Gasteiger charge is -2.08. The van der Waals surface area contributed by atoms with Crippen molar-refractivity contribution < 1.29 is 33.7 Å². The summed E-state index contributed by atoms with van der Waals surface area (Å²) in [5.41, 5.74) is 1.59. The summed E-state index contributed by atoms with van der Waals surface area (Å²) in [4.78, 5) is 24.5. The third-order valence-electron chi connectivity index (χ3n) is 5.37. The van der Waals surface area contributed by atoms with E-state index in [0.29, 0.717) is 30.4 Å². The Hall–Kier alpha value is -3.87. The topological polar surface area (TPSA) is 112 Å². The highest BCUT2D eigenvalue weighted by Crippen LogP contribution is 2.39. The Bertz CT molecular complexity index is 1610. The number of halogens is 2. The Kier molecular flexibility index (Phi) is 7.52. The number of aromatic hydroxyl groups is 2. The van der Waals surface area contributed by atoms with E-state index in [4.69, 9.17) is 17.3 Å². The Labute approximate surface area is 222 Å². The molecule has 2 aromatic heterocycles. The van der Waals surface area contributed by atoms with Crippen molar-refractivity contribution in [2.24, 2.45) is 0 Å². The molecule has 0 unspecified atom stereocenters. The van der Waals surface area contributed by atoms with Crippen molar-refractivity contribution >= 4 is 58.0 Å². The maximum Gasteiger partial charge on any atom is 0.339 e. The number of carboxylic acids is 1. The zero-order valence-corrected chi connectivity index (χ0v) is 21.3. The number of hydrogen-bond donors (Lipinski definition) is 4. The predicted octanol–water partition coefficient (Wildman–Crippen LogP) is 6.49. The number of anilines is 1. The number of carbonyl (C=O) groups excluding carboxylic acids is 1. The molecule has 0 radical (unpaired) electrons. The van der Waals surface area contributed by atoms with Crippen molar-refractivity contribution in [2.75, 3.05) is 5.32 Å². The predicted molar refractivity (Wildman–Crippen MR) is 141 cm³/mol. The number of amides is 1. The Morgan fingerprint density at radius 1 is 1.05 bits per heavy atom. The van der Waals surface area contributed by atoms with Gasteiger partial charge in [-0.05, 0) is 59.1 Å². The maximum atomic E-state index is 13.6. The minimum atomic E-state index is -1.29. The van der Waals surface area contributed by atoms with E-state index >= 15 is 0 Å². The summed E-state index contributed by atoms with van der Waals surface area (Å²) < 4.78 is 28.6. The van der Waals surface area contributed by atoms with E-state index in [-0.39, 0.29) is 30.1 Å². The number of rotatable bonds is 8. The average Bonchev–Trinajstić information content (AvgIpc) is 3.44. The van der Waals surface area contributed by atoms with Crippen LogP contribution >= 0.6 is 34.9 Å². The SMILES string of the molecule is C=C(c1cc(-c2ccc(F)c(F)c2)cs1)c1sc(=S)n(CCC(=O)Nc2ccc(C(=O)O)c(O)c2)c1O. The largest absolute Gasteiger partial charge is 0.507 e. The normalized spacial score (nSPS) is 10.9. The van der Waals surface area contributed by atoms with E-state index < -0.39 is 29.3 Å². The first-order valence-corrected chi connectivity index (χ1v) is 12.7. The van der Waals surface area contributed by atoms with Gasteiger partial charge in [-0.25, -0.2) is 13.6 Å². The molecule has 0 spiro atoms. The van der Waals surface area contributed by atoms with Crippen LogP contribution < -0.4 is 5.32 Å². The highest BCUT2D eigenvalue weighted by Gasteiger charge is 2.19. The first kappa shape index (κ1) is 26.2. The van der Waals surface area contributed by atoms with E-state index in [2.05, 4.69) is 11.9 Å². The van der Waals surface area contributed by atoms with Gasteiger partial charge in [0.1, 0.15) is 11.3 Å². The third-order valence-corrected chi connectivity index (χ3v) is 7.86. The zero-order chi connectivity index (χ0) is 26.9. The lowest BCUT2D eigenvalue weighted by molar-refractivity contribution is -0.116. The molecule has 4 N–H and O–H groups in total. The molecule has 12 heteroatoms. The Morgan fingerprint density at radius 3 is 2.49 bits per heavy atom. The van der Waals surface area contributed by atoms with E-state index in [0.717, 1.165) is 29.5 Å². The number of carbonyl (C=O) groups is 2. The molecule has 0 bridgehead atoms. The van der Waals surface area contributed by atoms with Crippen LogP contribution in [-0.4, -0.2) is 31.8 Å². The number of nitrogens with one attached hydrogen (secondary N) is 1. The highest BCUT2D eigenvalue weighted by molar-refractivity contribution is 7.73. The molecule has 0 aliphatic carbocycles. The van der Waals surface area contributed by atoms with Gasteiger partial charge in [0.25, 0.3) is 0 Å². The van der Waals surface area contributed by atoms with Gasteiger partial charge >= 0.3 is 5.97 Å². The van der Waals surface area contributed by atoms with Gasteiger partial charge in [0.05, 0.1) is 4.88 Å². The van der Waals surface area contributed by atoms with Crippen LogP contribution in [0.25, 0.3) is 16.7 Å². The van der Waals surface area contributed by atoms with E-state index in [1.807, 2.05) is 0 Å².